The van der Waals surface area contributed by atoms with E-state index in [9.17, 15) is 4.79 Å². The van der Waals surface area contributed by atoms with Crippen LogP contribution in [0.15, 0.2) is 59.0 Å². The van der Waals surface area contributed by atoms with E-state index >= 15 is 0 Å². The molecule has 134 valence electrons. The van der Waals surface area contributed by atoms with Crippen molar-refractivity contribution in [2.75, 3.05) is 5.43 Å². The lowest BCUT2D eigenvalue weighted by Gasteiger charge is -2.19. The fourth-order valence-corrected chi connectivity index (χ4v) is 2.89. The SMILES string of the molecule is CC(C)C(=NNc1ccc(C2=NNC(=O)CC2C)cc1)c1ccncc1. The zero-order chi connectivity index (χ0) is 18.5. The Kier molecular flexibility index (Phi) is 5.41. The van der Waals surface area contributed by atoms with E-state index in [0.717, 1.165) is 28.2 Å². The summed E-state index contributed by atoms with van der Waals surface area (Å²) in [4.78, 5) is 15.4. The summed E-state index contributed by atoms with van der Waals surface area (Å²) in [6, 6.07) is 11.8. The molecule has 3 rings (SSSR count). The van der Waals surface area contributed by atoms with Crippen LogP contribution in [0, 0.1) is 11.8 Å². The standard InChI is InChI=1S/C20H23N5O/c1-13(2)19(16-8-10-21-11-9-16)24-22-17-6-4-15(5-7-17)20-14(3)12-18(26)23-25-20/h4-11,13-14,22H,12H2,1-3H3,(H,23,26). The molecule has 2 heterocycles. The summed E-state index contributed by atoms with van der Waals surface area (Å²) in [5.74, 6) is 0.358. The molecule has 1 amide bonds. The zero-order valence-electron chi connectivity index (χ0n) is 15.2. The average Bonchev–Trinajstić information content (AvgIpc) is 2.63. The highest BCUT2D eigenvalue weighted by Gasteiger charge is 2.21. The highest BCUT2D eigenvalue weighted by molar-refractivity contribution is 6.06. The Balaban J connectivity index is 1.76. The van der Waals surface area contributed by atoms with Crippen LogP contribution in [0.1, 0.15) is 38.3 Å². The molecule has 0 spiro atoms. The van der Waals surface area contributed by atoms with Gasteiger partial charge in [-0.1, -0.05) is 32.9 Å². The van der Waals surface area contributed by atoms with E-state index in [2.05, 4.69) is 39.9 Å². The van der Waals surface area contributed by atoms with Crippen LogP contribution in [0.4, 0.5) is 5.69 Å². The van der Waals surface area contributed by atoms with Gasteiger partial charge >= 0.3 is 0 Å². The predicted molar refractivity (Wildman–Crippen MR) is 104 cm³/mol. The molecule has 1 aliphatic rings. The number of amides is 1. The van der Waals surface area contributed by atoms with E-state index in [1.54, 1.807) is 12.4 Å². The summed E-state index contributed by atoms with van der Waals surface area (Å²) in [6.45, 7) is 6.24. The minimum Gasteiger partial charge on any atom is -0.278 e. The molecule has 6 nitrogen and oxygen atoms in total. The van der Waals surface area contributed by atoms with Gasteiger partial charge in [0.05, 0.1) is 17.1 Å². The summed E-state index contributed by atoms with van der Waals surface area (Å²) in [5, 5.41) is 8.77. The fourth-order valence-electron chi connectivity index (χ4n) is 2.89. The van der Waals surface area contributed by atoms with Gasteiger partial charge < -0.3 is 0 Å². The molecular formula is C20H23N5O. The molecule has 0 radical (unpaired) electrons. The Morgan fingerprint density at radius 3 is 2.50 bits per heavy atom. The Hall–Kier alpha value is -3.02. The summed E-state index contributed by atoms with van der Waals surface area (Å²) in [7, 11) is 0. The molecule has 1 unspecified atom stereocenters. The van der Waals surface area contributed by atoms with Gasteiger partial charge in [-0.05, 0) is 35.7 Å². The summed E-state index contributed by atoms with van der Waals surface area (Å²) in [5.41, 5.74) is 10.5. The lowest BCUT2D eigenvalue weighted by Crippen LogP contribution is -2.31. The maximum atomic E-state index is 11.4. The molecule has 26 heavy (non-hydrogen) atoms. The van der Waals surface area contributed by atoms with E-state index < -0.39 is 0 Å². The van der Waals surface area contributed by atoms with Gasteiger partial charge in [-0.2, -0.15) is 10.2 Å². The minimum atomic E-state index is -0.0359. The van der Waals surface area contributed by atoms with E-state index in [-0.39, 0.29) is 17.7 Å². The molecule has 0 saturated heterocycles. The van der Waals surface area contributed by atoms with Crippen molar-refractivity contribution < 1.29 is 4.79 Å². The summed E-state index contributed by atoms with van der Waals surface area (Å²) < 4.78 is 0. The van der Waals surface area contributed by atoms with E-state index in [1.165, 1.54) is 0 Å². The minimum absolute atomic E-state index is 0.0359. The van der Waals surface area contributed by atoms with Crippen molar-refractivity contribution in [2.24, 2.45) is 22.0 Å². The van der Waals surface area contributed by atoms with Crippen molar-refractivity contribution in [2.45, 2.75) is 27.2 Å². The van der Waals surface area contributed by atoms with Crippen LogP contribution in [0.3, 0.4) is 0 Å². The molecule has 0 bridgehead atoms. The van der Waals surface area contributed by atoms with Crippen molar-refractivity contribution >= 4 is 23.0 Å². The van der Waals surface area contributed by atoms with Crippen molar-refractivity contribution in [1.29, 1.82) is 0 Å². The van der Waals surface area contributed by atoms with Gasteiger partial charge in [-0.25, -0.2) is 5.43 Å². The third-order valence-corrected chi connectivity index (χ3v) is 4.27. The van der Waals surface area contributed by atoms with Crippen molar-refractivity contribution in [3.05, 3.63) is 59.9 Å². The largest absolute Gasteiger partial charge is 0.278 e. The van der Waals surface area contributed by atoms with Crippen molar-refractivity contribution in [3.63, 3.8) is 0 Å². The van der Waals surface area contributed by atoms with Gasteiger partial charge in [-0.15, -0.1) is 0 Å². The van der Waals surface area contributed by atoms with Gasteiger partial charge in [-0.3, -0.25) is 15.2 Å². The first-order valence-electron chi connectivity index (χ1n) is 8.75. The van der Waals surface area contributed by atoms with E-state index in [1.807, 2.05) is 43.3 Å². The van der Waals surface area contributed by atoms with Gasteiger partial charge in [0.2, 0.25) is 5.91 Å². The molecule has 0 saturated carbocycles. The second-order valence-corrected chi connectivity index (χ2v) is 6.71. The van der Waals surface area contributed by atoms with Crippen LogP contribution in [-0.4, -0.2) is 22.3 Å². The summed E-state index contributed by atoms with van der Waals surface area (Å²) >= 11 is 0. The van der Waals surface area contributed by atoms with Gasteiger partial charge in [0, 0.05) is 30.3 Å². The molecule has 1 atom stereocenters. The maximum absolute atomic E-state index is 11.4. The first-order chi connectivity index (χ1) is 12.5. The molecule has 6 heteroatoms. The number of hydrogen-bond donors (Lipinski definition) is 2. The number of pyridine rings is 1. The molecule has 0 aliphatic carbocycles. The number of carbonyl (C=O) groups is 1. The van der Waals surface area contributed by atoms with Crippen LogP contribution in [-0.2, 0) is 4.79 Å². The van der Waals surface area contributed by atoms with Crippen LogP contribution >= 0.6 is 0 Å². The molecule has 0 fully saturated rings. The first-order valence-corrected chi connectivity index (χ1v) is 8.75. The number of nitrogens with zero attached hydrogens (tertiary/aromatic N) is 3. The number of rotatable bonds is 5. The fraction of sp³-hybridized carbons (Fsp3) is 0.300. The number of anilines is 1. The van der Waals surface area contributed by atoms with E-state index in [4.69, 9.17) is 0 Å². The van der Waals surface area contributed by atoms with Crippen molar-refractivity contribution in [3.8, 4) is 0 Å². The normalized spacial score (nSPS) is 17.7. The van der Waals surface area contributed by atoms with Crippen LogP contribution in [0.25, 0.3) is 0 Å². The molecular weight excluding hydrogens is 326 g/mol. The lowest BCUT2D eigenvalue weighted by molar-refractivity contribution is -0.121. The molecule has 2 aromatic rings. The number of hydrazone groups is 2. The van der Waals surface area contributed by atoms with Crippen LogP contribution in [0.5, 0.6) is 0 Å². The third-order valence-electron chi connectivity index (χ3n) is 4.27. The molecule has 1 aromatic carbocycles. The number of hydrogen-bond acceptors (Lipinski definition) is 5. The predicted octanol–water partition coefficient (Wildman–Crippen LogP) is 3.41. The number of nitrogens with one attached hydrogen (secondary N) is 2. The average molecular weight is 349 g/mol. The maximum Gasteiger partial charge on any atom is 0.240 e. The number of benzene rings is 1. The quantitative estimate of drug-likeness (QED) is 0.641. The van der Waals surface area contributed by atoms with Gasteiger partial charge in [0.25, 0.3) is 0 Å². The topological polar surface area (TPSA) is 78.7 Å². The van der Waals surface area contributed by atoms with Crippen LogP contribution < -0.4 is 10.9 Å². The van der Waals surface area contributed by atoms with Gasteiger partial charge in [0.1, 0.15) is 0 Å². The highest BCUT2D eigenvalue weighted by Crippen LogP contribution is 2.19. The number of carbonyl (C=O) groups excluding carboxylic acids is 1. The van der Waals surface area contributed by atoms with Crippen LogP contribution in [0.2, 0.25) is 0 Å². The Bertz CT molecular complexity index is 825. The smallest absolute Gasteiger partial charge is 0.240 e. The highest BCUT2D eigenvalue weighted by atomic mass is 16.2. The molecule has 1 aromatic heterocycles. The van der Waals surface area contributed by atoms with Crippen molar-refractivity contribution in [1.82, 2.24) is 10.4 Å². The lowest BCUT2D eigenvalue weighted by atomic mass is 9.94. The zero-order valence-corrected chi connectivity index (χ0v) is 15.2. The first kappa shape index (κ1) is 17.8. The third kappa shape index (κ3) is 4.14. The monoisotopic (exact) mass is 349 g/mol. The Labute approximate surface area is 153 Å². The van der Waals surface area contributed by atoms with E-state index in [0.29, 0.717) is 6.42 Å². The van der Waals surface area contributed by atoms with Gasteiger partial charge in [0.15, 0.2) is 0 Å². The molecule has 2 N–H and O–H groups in total. The molecule has 1 aliphatic heterocycles. The second-order valence-electron chi connectivity index (χ2n) is 6.71. The Morgan fingerprint density at radius 2 is 1.88 bits per heavy atom. The second kappa shape index (κ2) is 7.91. The number of aromatic nitrogens is 1. The summed E-state index contributed by atoms with van der Waals surface area (Å²) in [6.07, 6.45) is 4.01. The Morgan fingerprint density at radius 1 is 1.19 bits per heavy atom.